The first-order valence-corrected chi connectivity index (χ1v) is 10.3. The third-order valence-electron chi connectivity index (χ3n) is 4.83. The van der Waals surface area contributed by atoms with Crippen LogP contribution in [0.15, 0.2) is 0 Å². The molecule has 9 heteroatoms. The van der Waals surface area contributed by atoms with Crippen LogP contribution in [0.4, 0.5) is 0 Å². The monoisotopic (exact) mass is 399 g/mol. The summed E-state index contributed by atoms with van der Waals surface area (Å²) < 4.78 is 33.9. The summed E-state index contributed by atoms with van der Waals surface area (Å²) in [7, 11) is -1.15. The summed E-state index contributed by atoms with van der Waals surface area (Å²) in [6.45, 7) is 7.33. The molecule has 1 aromatic rings. The molecule has 0 bridgehead atoms. The summed E-state index contributed by atoms with van der Waals surface area (Å²) in [6.07, 6.45) is 0.206. The topological polar surface area (TPSA) is 101 Å². The zero-order valence-electron chi connectivity index (χ0n) is 16.6. The minimum Gasteiger partial charge on any atom is -0.468 e. The second-order valence-corrected chi connectivity index (χ2v) is 8.29. The van der Waals surface area contributed by atoms with Crippen LogP contribution in [-0.2, 0) is 45.5 Å². The van der Waals surface area contributed by atoms with E-state index < -0.39 is 24.9 Å². The van der Waals surface area contributed by atoms with Crippen LogP contribution < -0.4 is 5.44 Å². The number of carbonyl (C=O) groups excluding carboxylic acids is 2. The first-order valence-electron chi connectivity index (χ1n) is 8.76. The number of hydrogen-bond donors (Lipinski definition) is 0. The molecule has 0 aliphatic heterocycles. The van der Waals surface area contributed by atoms with Crippen molar-refractivity contribution < 1.29 is 32.7 Å². The first-order chi connectivity index (χ1) is 12.7. The van der Waals surface area contributed by atoms with Gasteiger partial charge in [-0.05, 0) is 44.4 Å². The van der Waals surface area contributed by atoms with Crippen molar-refractivity contribution in [2.45, 2.75) is 40.5 Å². The molecule has 0 unspecified atom stereocenters. The van der Waals surface area contributed by atoms with Crippen molar-refractivity contribution in [3.63, 3.8) is 0 Å². The quantitative estimate of drug-likeness (QED) is 0.390. The summed E-state index contributed by atoms with van der Waals surface area (Å²) in [6, 6.07) is 0. The summed E-state index contributed by atoms with van der Waals surface area (Å²) in [5.41, 5.74) is 1.39. The fourth-order valence-corrected chi connectivity index (χ4v) is 5.38. The second-order valence-electron chi connectivity index (χ2n) is 6.35. The Morgan fingerprint density at radius 1 is 1.00 bits per heavy atom. The van der Waals surface area contributed by atoms with Crippen LogP contribution in [0.1, 0.15) is 36.2 Å². The maximum absolute atomic E-state index is 13.2. The standard InChI is InChI=1S/C18H26NO7P/c1-7-25-27(22,26-8-2)15-11(3)13-9-18(16(20)23-5,17(21)24-6)10-14(13)12(4)19-15/h7-10H2,1-6H3. The van der Waals surface area contributed by atoms with E-state index >= 15 is 0 Å². The van der Waals surface area contributed by atoms with Crippen LogP contribution in [0, 0.1) is 19.3 Å². The normalized spacial score (nSPS) is 15.3. The Morgan fingerprint density at radius 3 is 1.93 bits per heavy atom. The van der Waals surface area contributed by atoms with Crippen LogP contribution in [0.25, 0.3) is 0 Å². The molecule has 0 atom stereocenters. The van der Waals surface area contributed by atoms with Gasteiger partial charge >= 0.3 is 19.5 Å². The molecule has 0 saturated heterocycles. The van der Waals surface area contributed by atoms with Gasteiger partial charge in [0.2, 0.25) is 0 Å². The van der Waals surface area contributed by atoms with Gasteiger partial charge in [-0.25, -0.2) is 4.98 Å². The van der Waals surface area contributed by atoms with E-state index in [2.05, 4.69) is 4.98 Å². The van der Waals surface area contributed by atoms with E-state index in [0.29, 0.717) is 11.3 Å². The Hall–Kier alpha value is -1.76. The number of fused-ring (bicyclic) bond motifs is 1. The highest BCUT2D eigenvalue weighted by Crippen LogP contribution is 2.49. The molecule has 8 nitrogen and oxygen atoms in total. The van der Waals surface area contributed by atoms with Gasteiger partial charge in [0.05, 0.1) is 27.4 Å². The Morgan fingerprint density at radius 2 is 1.48 bits per heavy atom. The zero-order valence-corrected chi connectivity index (χ0v) is 17.5. The smallest absolute Gasteiger partial charge is 0.379 e. The van der Waals surface area contributed by atoms with Crippen molar-refractivity contribution in [1.29, 1.82) is 0 Å². The predicted octanol–water partition coefficient (Wildman–Crippen LogP) is 2.02. The maximum atomic E-state index is 13.2. The van der Waals surface area contributed by atoms with E-state index in [4.69, 9.17) is 18.5 Å². The number of nitrogens with zero attached hydrogens (tertiary/aromatic N) is 1. The third kappa shape index (κ3) is 3.53. The summed E-state index contributed by atoms with van der Waals surface area (Å²) in [5.74, 6) is -1.33. The maximum Gasteiger partial charge on any atom is 0.379 e. The van der Waals surface area contributed by atoms with E-state index in [-0.39, 0.29) is 31.5 Å². The average molecular weight is 399 g/mol. The summed E-state index contributed by atoms with van der Waals surface area (Å²) in [5, 5.41) is 0. The molecule has 1 aliphatic rings. The Bertz CT molecular complexity index is 779. The molecular weight excluding hydrogens is 373 g/mol. The summed E-state index contributed by atoms with van der Waals surface area (Å²) >= 11 is 0. The number of pyridine rings is 1. The second kappa shape index (κ2) is 8.09. The largest absolute Gasteiger partial charge is 0.468 e. The summed E-state index contributed by atoms with van der Waals surface area (Å²) in [4.78, 5) is 29.4. The van der Waals surface area contributed by atoms with Crippen molar-refractivity contribution in [3.05, 3.63) is 22.4 Å². The Balaban J connectivity index is 2.64. The number of esters is 2. The van der Waals surface area contributed by atoms with Gasteiger partial charge in [-0.2, -0.15) is 0 Å². The molecule has 1 heterocycles. The van der Waals surface area contributed by atoms with Gasteiger partial charge in [-0.1, -0.05) is 0 Å². The van der Waals surface area contributed by atoms with Crippen molar-refractivity contribution in [3.8, 4) is 0 Å². The van der Waals surface area contributed by atoms with Crippen molar-refractivity contribution >= 4 is 25.0 Å². The molecule has 0 N–H and O–H groups in total. The minimum absolute atomic E-state index is 0.0854. The number of rotatable bonds is 7. The van der Waals surface area contributed by atoms with Crippen LogP contribution in [0.2, 0.25) is 0 Å². The van der Waals surface area contributed by atoms with Gasteiger partial charge in [0, 0.05) is 18.5 Å². The van der Waals surface area contributed by atoms with Gasteiger partial charge in [-0.3, -0.25) is 14.2 Å². The minimum atomic E-state index is -3.62. The molecule has 0 amide bonds. The fraction of sp³-hybridized carbons (Fsp3) is 0.611. The van der Waals surface area contributed by atoms with Crippen molar-refractivity contribution in [2.75, 3.05) is 27.4 Å². The van der Waals surface area contributed by atoms with E-state index in [0.717, 1.165) is 11.1 Å². The van der Waals surface area contributed by atoms with Gasteiger partial charge in [0.25, 0.3) is 0 Å². The molecule has 27 heavy (non-hydrogen) atoms. The third-order valence-corrected chi connectivity index (χ3v) is 6.98. The lowest BCUT2D eigenvalue weighted by molar-refractivity contribution is -0.168. The van der Waals surface area contributed by atoms with Crippen molar-refractivity contribution in [1.82, 2.24) is 4.98 Å². The molecule has 0 spiro atoms. The number of aryl methyl sites for hydroxylation is 1. The highest BCUT2D eigenvalue weighted by molar-refractivity contribution is 7.62. The highest BCUT2D eigenvalue weighted by atomic mass is 31.2. The lowest BCUT2D eigenvalue weighted by atomic mass is 9.84. The van der Waals surface area contributed by atoms with Gasteiger partial charge in [0.1, 0.15) is 0 Å². The van der Waals surface area contributed by atoms with Gasteiger partial charge < -0.3 is 18.5 Å². The van der Waals surface area contributed by atoms with E-state index in [9.17, 15) is 14.2 Å². The van der Waals surface area contributed by atoms with Crippen LogP contribution >= 0.6 is 7.60 Å². The number of methoxy groups -OCH3 is 2. The molecule has 0 aromatic carbocycles. The van der Waals surface area contributed by atoms with E-state index in [1.165, 1.54) is 14.2 Å². The number of aromatic nitrogens is 1. The highest BCUT2D eigenvalue weighted by Gasteiger charge is 2.54. The first kappa shape index (κ1) is 21.5. The lowest BCUT2D eigenvalue weighted by Gasteiger charge is -2.22. The van der Waals surface area contributed by atoms with Crippen LogP contribution in [-0.4, -0.2) is 44.4 Å². The molecule has 1 aromatic heterocycles. The molecule has 0 saturated carbocycles. The average Bonchev–Trinajstić information content (AvgIpc) is 3.06. The Kier molecular flexibility index (Phi) is 6.45. The number of hydrogen-bond acceptors (Lipinski definition) is 8. The van der Waals surface area contributed by atoms with Crippen LogP contribution in [0.3, 0.4) is 0 Å². The molecule has 1 aliphatic carbocycles. The number of ether oxygens (including phenoxy) is 2. The number of carbonyl (C=O) groups is 2. The Labute approximate surface area is 159 Å². The molecule has 0 fully saturated rings. The predicted molar refractivity (Wildman–Crippen MR) is 98.1 cm³/mol. The molecule has 0 radical (unpaired) electrons. The fourth-order valence-electron chi connectivity index (χ4n) is 3.56. The van der Waals surface area contributed by atoms with E-state index in [1.54, 1.807) is 27.7 Å². The van der Waals surface area contributed by atoms with Gasteiger partial charge in [0.15, 0.2) is 10.9 Å². The molecule has 150 valence electrons. The lowest BCUT2D eigenvalue weighted by Crippen LogP contribution is -2.42. The van der Waals surface area contributed by atoms with Crippen LogP contribution in [0.5, 0.6) is 0 Å². The molecule has 2 rings (SSSR count). The molecular formula is C18H26NO7P. The van der Waals surface area contributed by atoms with Gasteiger partial charge in [-0.15, -0.1) is 0 Å². The van der Waals surface area contributed by atoms with Crippen molar-refractivity contribution in [2.24, 2.45) is 5.41 Å². The zero-order chi connectivity index (χ0) is 20.4. The van der Waals surface area contributed by atoms with E-state index in [1.807, 2.05) is 0 Å². The SMILES string of the molecule is CCOP(=O)(OCC)c1nc(C)c2c(c1C)CC(C(=O)OC)(C(=O)OC)C2.